The highest BCUT2D eigenvalue weighted by molar-refractivity contribution is 9.10. The lowest BCUT2D eigenvalue weighted by Gasteiger charge is -2.37. The summed E-state index contributed by atoms with van der Waals surface area (Å²) in [5, 5.41) is 2.72. The van der Waals surface area contributed by atoms with Crippen LogP contribution in [-0.2, 0) is 9.53 Å². The average molecular weight is 475 g/mol. The molecule has 2 bridgehead atoms. The van der Waals surface area contributed by atoms with Crippen molar-refractivity contribution in [1.82, 2.24) is 20.2 Å². The third kappa shape index (κ3) is 3.85. The summed E-state index contributed by atoms with van der Waals surface area (Å²) in [6, 6.07) is 7.51. The summed E-state index contributed by atoms with van der Waals surface area (Å²) in [4.78, 5) is 35.4. The number of benzene rings is 1. The number of rotatable bonds is 5. The molecule has 2 N–H and O–H groups in total. The minimum atomic E-state index is -0.625. The number of aromatic amines is 1. The van der Waals surface area contributed by atoms with Gasteiger partial charge in [0.15, 0.2) is 0 Å². The zero-order valence-corrected chi connectivity index (χ0v) is 19.0. The van der Waals surface area contributed by atoms with E-state index in [1.165, 1.54) is 7.11 Å². The van der Waals surface area contributed by atoms with Crippen LogP contribution < -0.4 is 5.32 Å². The van der Waals surface area contributed by atoms with Crippen LogP contribution in [0.4, 0.5) is 4.79 Å². The molecule has 8 heteroatoms. The van der Waals surface area contributed by atoms with Gasteiger partial charge in [0.05, 0.1) is 25.0 Å². The van der Waals surface area contributed by atoms with Crippen LogP contribution in [0.2, 0.25) is 0 Å². The molecule has 1 saturated heterocycles. The van der Waals surface area contributed by atoms with E-state index in [1.807, 2.05) is 49.2 Å². The van der Waals surface area contributed by atoms with Gasteiger partial charge in [-0.3, -0.25) is 4.79 Å². The second-order valence-electron chi connectivity index (χ2n) is 8.46. The highest BCUT2D eigenvalue weighted by atomic mass is 79.9. The number of carbonyl (C=O) groups is 2. The molecule has 4 rings (SSSR count). The number of hydrogen-bond acceptors (Lipinski definition) is 4. The van der Waals surface area contributed by atoms with Gasteiger partial charge in [0, 0.05) is 10.5 Å². The number of H-pyrrole nitrogens is 1. The van der Waals surface area contributed by atoms with Gasteiger partial charge in [-0.05, 0) is 48.8 Å². The first-order valence-corrected chi connectivity index (χ1v) is 11.2. The molecular weight excluding hydrogens is 448 g/mol. The number of piperidine rings is 1. The molecule has 1 aliphatic heterocycles. The number of nitrogens with zero attached hydrogens (tertiary/aromatic N) is 2. The molecule has 1 aromatic carbocycles. The number of likely N-dealkylation sites (tertiary alicyclic amines) is 1. The van der Waals surface area contributed by atoms with Gasteiger partial charge in [0.2, 0.25) is 5.91 Å². The maximum absolute atomic E-state index is 13.5. The fraction of sp³-hybridized carbons (Fsp3) is 0.500. The van der Waals surface area contributed by atoms with Gasteiger partial charge in [0.1, 0.15) is 11.9 Å². The van der Waals surface area contributed by atoms with Crippen molar-refractivity contribution >= 4 is 27.9 Å². The van der Waals surface area contributed by atoms with Gasteiger partial charge in [-0.25, -0.2) is 9.78 Å². The average Bonchev–Trinajstić information content (AvgIpc) is 3.47. The standard InChI is InChI=1S/C22H27BrN4O3/c1-12(2)18(26-22(29)30-3)21(28)27-16-9-6-14(10-16)19(27)20-24-11-17(25-20)13-4-7-15(23)8-5-13/h4-5,7-8,11-12,14,16,18-19H,6,9-10H2,1-3H3,(H,24,25)(H,26,29)/t14?,16?,18-,19-/m0/s1. The molecule has 0 radical (unpaired) electrons. The van der Waals surface area contributed by atoms with E-state index in [0.29, 0.717) is 5.92 Å². The van der Waals surface area contributed by atoms with Gasteiger partial charge in [-0.1, -0.05) is 41.9 Å². The van der Waals surface area contributed by atoms with Crippen LogP contribution in [0.5, 0.6) is 0 Å². The van der Waals surface area contributed by atoms with Gasteiger partial charge >= 0.3 is 6.09 Å². The van der Waals surface area contributed by atoms with Crippen LogP contribution in [0.25, 0.3) is 11.3 Å². The first kappa shape index (κ1) is 20.9. The van der Waals surface area contributed by atoms with E-state index in [1.54, 1.807) is 0 Å². The van der Waals surface area contributed by atoms with Gasteiger partial charge in [-0.15, -0.1) is 0 Å². The van der Waals surface area contributed by atoms with Crippen molar-refractivity contribution in [2.75, 3.05) is 7.11 Å². The maximum Gasteiger partial charge on any atom is 0.407 e. The monoisotopic (exact) mass is 474 g/mol. The highest BCUT2D eigenvalue weighted by Crippen LogP contribution is 2.50. The van der Waals surface area contributed by atoms with Crippen LogP contribution >= 0.6 is 15.9 Å². The largest absolute Gasteiger partial charge is 0.453 e. The van der Waals surface area contributed by atoms with Gasteiger partial charge < -0.3 is 19.9 Å². The fourth-order valence-corrected chi connectivity index (χ4v) is 5.04. The SMILES string of the molecule is COC(=O)N[C@H](C(=O)N1C2CCC(C2)[C@H]1c1ncc(-c2ccc(Br)cc2)[nH]1)C(C)C. The summed E-state index contributed by atoms with van der Waals surface area (Å²) in [5.74, 6) is 1.09. The number of hydrogen-bond donors (Lipinski definition) is 2. The van der Waals surface area contributed by atoms with Crippen molar-refractivity contribution in [2.24, 2.45) is 11.8 Å². The Kier molecular flexibility index (Phi) is 5.86. The quantitative estimate of drug-likeness (QED) is 0.676. The van der Waals surface area contributed by atoms with Crippen LogP contribution in [0.15, 0.2) is 34.9 Å². The number of methoxy groups -OCH3 is 1. The van der Waals surface area contributed by atoms with E-state index in [0.717, 1.165) is 40.8 Å². The minimum absolute atomic E-state index is 0.0497. The number of alkyl carbamates (subject to hydrolysis) is 1. The minimum Gasteiger partial charge on any atom is -0.453 e. The van der Waals surface area contributed by atoms with Crippen LogP contribution in [-0.4, -0.2) is 46.1 Å². The van der Waals surface area contributed by atoms with Crippen molar-refractivity contribution in [3.63, 3.8) is 0 Å². The van der Waals surface area contributed by atoms with Gasteiger partial charge in [0.25, 0.3) is 0 Å². The van der Waals surface area contributed by atoms with Crippen LogP contribution in [0, 0.1) is 11.8 Å². The molecule has 2 amide bonds. The zero-order valence-electron chi connectivity index (χ0n) is 17.4. The van der Waals surface area contributed by atoms with E-state index in [9.17, 15) is 9.59 Å². The molecule has 0 spiro atoms. The van der Waals surface area contributed by atoms with Crippen molar-refractivity contribution in [2.45, 2.75) is 51.2 Å². The zero-order chi connectivity index (χ0) is 21.4. The Labute approximate surface area is 184 Å². The molecule has 160 valence electrons. The summed E-state index contributed by atoms with van der Waals surface area (Å²) in [6.45, 7) is 3.86. The van der Waals surface area contributed by atoms with Crippen molar-refractivity contribution in [3.05, 3.63) is 40.8 Å². The molecular formula is C22H27BrN4O3. The highest BCUT2D eigenvalue weighted by Gasteiger charge is 2.51. The van der Waals surface area contributed by atoms with E-state index in [-0.39, 0.29) is 23.9 Å². The first-order valence-electron chi connectivity index (χ1n) is 10.4. The number of amides is 2. The number of halogens is 1. The van der Waals surface area contributed by atoms with E-state index in [2.05, 4.69) is 31.2 Å². The molecule has 2 heterocycles. The Morgan fingerprint density at radius 3 is 2.67 bits per heavy atom. The fourth-order valence-electron chi connectivity index (χ4n) is 4.78. The molecule has 2 aromatic rings. The molecule has 1 aromatic heterocycles. The lowest BCUT2D eigenvalue weighted by atomic mass is 9.95. The number of fused-ring (bicyclic) bond motifs is 2. The molecule has 1 saturated carbocycles. The molecule has 2 unspecified atom stereocenters. The van der Waals surface area contributed by atoms with Crippen molar-refractivity contribution in [1.29, 1.82) is 0 Å². The third-order valence-electron chi connectivity index (χ3n) is 6.26. The van der Waals surface area contributed by atoms with Crippen molar-refractivity contribution < 1.29 is 14.3 Å². The Hall–Kier alpha value is -2.35. The topological polar surface area (TPSA) is 87.3 Å². The van der Waals surface area contributed by atoms with Gasteiger partial charge in [-0.2, -0.15) is 0 Å². The molecule has 1 aliphatic carbocycles. The van der Waals surface area contributed by atoms with E-state index < -0.39 is 12.1 Å². The Morgan fingerprint density at radius 1 is 1.27 bits per heavy atom. The lowest BCUT2D eigenvalue weighted by Crippen LogP contribution is -2.54. The lowest BCUT2D eigenvalue weighted by molar-refractivity contribution is -0.139. The third-order valence-corrected chi connectivity index (χ3v) is 6.79. The van der Waals surface area contributed by atoms with E-state index >= 15 is 0 Å². The second kappa shape index (κ2) is 8.41. The Morgan fingerprint density at radius 2 is 2.00 bits per heavy atom. The number of imidazole rings is 1. The summed E-state index contributed by atoms with van der Waals surface area (Å²) in [6.07, 6.45) is 4.31. The molecule has 2 fully saturated rings. The molecule has 30 heavy (non-hydrogen) atoms. The Balaban J connectivity index is 1.61. The smallest absolute Gasteiger partial charge is 0.407 e. The number of aromatic nitrogens is 2. The maximum atomic E-state index is 13.5. The van der Waals surface area contributed by atoms with Crippen molar-refractivity contribution in [3.8, 4) is 11.3 Å². The summed E-state index contributed by atoms with van der Waals surface area (Å²) in [7, 11) is 1.31. The molecule has 2 aliphatic rings. The normalized spacial score (nSPS) is 23.6. The molecule has 4 atom stereocenters. The first-order chi connectivity index (χ1) is 14.4. The Bertz CT molecular complexity index is 927. The number of carbonyl (C=O) groups excluding carboxylic acids is 2. The predicted octanol–water partition coefficient (Wildman–Crippen LogP) is 4.27. The summed E-state index contributed by atoms with van der Waals surface area (Å²) in [5.41, 5.74) is 1.98. The number of nitrogens with one attached hydrogen (secondary N) is 2. The summed E-state index contributed by atoms with van der Waals surface area (Å²) >= 11 is 3.46. The number of ether oxygens (including phenoxy) is 1. The van der Waals surface area contributed by atoms with Crippen LogP contribution in [0.1, 0.15) is 45.0 Å². The second-order valence-corrected chi connectivity index (χ2v) is 9.38. The van der Waals surface area contributed by atoms with Crippen LogP contribution in [0.3, 0.4) is 0 Å². The summed E-state index contributed by atoms with van der Waals surface area (Å²) < 4.78 is 5.76. The predicted molar refractivity (Wildman–Crippen MR) is 117 cm³/mol. The van der Waals surface area contributed by atoms with E-state index in [4.69, 9.17) is 4.74 Å². The molecule has 7 nitrogen and oxygen atoms in total.